The number of benzene rings is 2. The minimum Gasteiger partial charge on any atom is -0.258 e. The second kappa shape index (κ2) is 7.72. The van der Waals surface area contributed by atoms with E-state index in [9.17, 15) is 18.5 Å². The van der Waals surface area contributed by atoms with Gasteiger partial charge in [0.1, 0.15) is 6.33 Å². The van der Waals surface area contributed by atoms with Crippen molar-refractivity contribution in [2.24, 2.45) is 0 Å². The summed E-state index contributed by atoms with van der Waals surface area (Å²) < 4.78 is 29.1. The second-order valence-electron chi connectivity index (χ2n) is 6.92. The molecule has 1 heterocycles. The molecule has 0 unspecified atom stereocenters. The Kier molecular flexibility index (Phi) is 5.12. The predicted octanol–water partition coefficient (Wildman–Crippen LogP) is 2.59. The molecule has 0 amide bonds. The van der Waals surface area contributed by atoms with Crippen molar-refractivity contribution < 1.29 is 13.3 Å². The van der Waals surface area contributed by atoms with Gasteiger partial charge in [-0.05, 0) is 24.0 Å². The molecule has 150 valence electrons. The summed E-state index contributed by atoms with van der Waals surface area (Å²) in [6.45, 7) is 0.549. The van der Waals surface area contributed by atoms with Crippen molar-refractivity contribution in [3.05, 3.63) is 82.2 Å². The van der Waals surface area contributed by atoms with Gasteiger partial charge in [0.2, 0.25) is 0 Å². The van der Waals surface area contributed by atoms with Gasteiger partial charge in [0, 0.05) is 24.7 Å². The maximum absolute atomic E-state index is 13.1. The molecule has 10 heteroatoms. The maximum atomic E-state index is 13.1. The van der Waals surface area contributed by atoms with Crippen LogP contribution in [0.3, 0.4) is 0 Å². The highest BCUT2D eigenvalue weighted by Gasteiger charge is 2.40. The Morgan fingerprint density at radius 1 is 1.07 bits per heavy atom. The minimum atomic E-state index is -3.82. The van der Waals surface area contributed by atoms with Gasteiger partial charge in [0.05, 0.1) is 11.5 Å². The van der Waals surface area contributed by atoms with Crippen LogP contribution in [0.2, 0.25) is 0 Å². The molecule has 0 saturated heterocycles. The van der Waals surface area contributed by atoms with Gasteiger partial charge in [-0.3, -0.25) is 10.1 Å². The van der Waals surface area contributed by atoms with E-state index in [2.05, 4.69) is 10.1 Å². The van der Waals surface area contributed by atoms with Crippen LogP contribution in [0.5, 0.6) is 0 Å². The van der Waals surface area contributed by atoms with E-state index in [4.69, 9.17) is 0 Å². The Morgan fingerprint density at radius 2 is 1.76 bits per heavy atom. The molecule has 0 atom stereocenters. The molecule has 2 aromatic carbocycles. The van der Waals surface area contributed by atoms with Crippen molar-refractivity contribution >= 4 is 15.7 Å². The van der Waals surface area contributed by atoms with Crippen LogP contribution in [0.1, 0.15) is 24.0 Å². The standard InChI is InChI=1S/C19H19N5O4S/c25-24(26)18-8-6-16(7-9-18)12-22-14-20-19(21-22)29(27,28)23(17-10-11-17)13-15-4-2-1-3-5-15/h1-9,14,17H,10-13H2. The predicted molar refractivity (Wildman–Crippen MR) is 104 cm³/mol. The van der Waals surface area contributed by atoms with Crippen molar-refractivity contribution in [1.82, 2.24) is 19.1 Å². The summed E-state index contributed by atoms with van der Waals surface area (Å²) in [5.41, 5.74) is 1.66. The van der Waals surface area contributed by atoms with Crippen molar-refractivity contribution in [1.29, 1.82) is 0 Å². The molecule has 1 fully saturated rings. The fourth-order valence-electron chi connectivity index (χ4n) is 3.02. The number of nitro groups is 1. The van der Waals surface area contributed by atoms with Gasteiger partial charge in [0.15, 0.2) is 0 Å². The Morgan fingerprint density at radius 3 is 2.38 bits per heavy atom. The number of hydrogen-bond donors (Lipinski definition) is 0. The van der Waals surface area contributed by atoms with E-state index in [1.165, 1.54) is 27.4 Å². The molecule has 0 radical (unpaired) electrons. The van der Waals surface area contributed by atoms with E-state index in [1.54, 1.807) is 12.1 Å². The number of nitro benzene ring substituents is 1. The maximum Gasteiger partial charge on any atom is 0.282 e. The number of non-ortho nitro benzene ring substituents is 1. The molecule has 0 aliphatic heterocycles. The quantitative estimate of drug-likeness (QED) is 0.414. The van der Waals surface area contributed by atoms with E-state index < -0.39 is 14.9 Å². The zero-order chi connectivity index (χ0) is 20.4. The molecular formula is C19H19N5O4S. The fraction of sp³-hybridized carbons (Fsp3) is 0.263. The largest absolute Gasteiger partial charge is 0.282 e. The normalized spacial score (nSPS) is 14.2. The highest BCUT2D eigenvalue weighted by Crippen LogP contribution is 2.32. The molecule has 0 bridgehead atoms. The lowest BCUT2D eigenvalue weighted by molar-refractivity contribution is -0.384. The molecule has 1 saturated carbocycles. The molecule has 4 rings (SSSR count). The number of aromatic nitrogens is 3. The third-order valence-electron chi connectivity index (χ3n) is 4.68. The summed E-state index contributed by atoms with van der Waals surface area (Å²) >= 11 is 0. The van der Waals surface area contributed by atoms with E-state index in [0.717, 1.165) is 24.0 Å². The molecule has 0 spiro atoms. The van der Waals surface area contributed by atoms with E-state index >= 15 is 0 Å². The third-order valence-corrected chi connectivity index (χ3v) is 6.38. The molecule has 1 aliphatic rings. The van der Waals surface area contributed by atoms with Crippen LogP contribution >= 0.6 is 0 Å². The summed E-state index contributed by atoms with van der Waals surface area (Å²) in [6.07, 6.45) is 3.02. The van der Waals surface area contributed by atoms with Crippen LogP contribution in [-0.4, -0.2) is 38.5 Å². The number of nitrogens with zero attached hydrogens (tertiary/aromatic N) is 5. The first-order valence-corrected chi connectivity index (χ1v) is 10.6. The first-order valence-electron chi connectivity index (χ1n) is 9.12. The Labute approximate surface area is 167 Å². The molecule has 1 aliphatic carbocycles. The van der Waals surface area contributed by atoms with E-state index in [0.29, 0.717) is 0 Å². The lowest BCUT2D eigenvalue weighted by Gasteiger charge is -2.20. The van der Waals surface area contributed by atoms with Gasteiger partial charge < -0.3 is 0 Å². The molecule has 29 heavy (non-hydrogen) atoms. The summed E-state index contributed by atoms with van der Waals surface area (Å²) in [5, 5.41) is 14.7. The lowest BCUT2D eigenvalue weighted by atomic mass is 10.2. The Balaban J connectivity index is 1.52. The summed E-state index contributed by atoms with van der Waals surface area (Å²) in [5.74, 6) is 0. The summed E-state index contributed by atoms with van der Waals surface area (Å²) in [4.78, 5) is 14.3. The van der Waals surface area contributed by atoms with Crippen molar-refractivity contribution in [3.8, 4) is 0 Å². The molecule has 9 nitrogen and oxygen atoms in total. The van der Waals surface area contributed by atoms with Gasteiger partial charge in [-0.2, -0.15) is 4.31 Å². The first-order chi connectivity index (χ1) is 13.9. The van der Waals surface area contributed by atoms with Gasteiger partial charge in [-0.15, -0.1) is 5.10 Å². The lowest BCUT2D eigenvalue weighted by Crippen LogP contribution is -2.33. The van der Waals surface area contributed by atoms with Gasteiger partial charge in [0.25, 0.3) is 20.9 Å². The fourth-order valence-corrected chi connectivity index (χ4v) is 4.54. The monoisotopic (exact) mass is 413 g/mol. The zero-order valence-electron chi connectivity index (χ0n) is 15.5. The topological polar surface area (TPSA) is 111 Å². The van der Waals surface area contributed by atoms with Crippen LogP contribution in [0, 0.1) is 10.1 Å². The van der Waals surface area contributed by atoms with Crippen molar-refractivity contribution in [3.63, 3.8) is 0 Å². The third kappa shape index (κ3) is 4.33. The number of hydrogen-bond acceptors (Lipinski definition) is 6. The van der Waals surface area contributed by atoms with Crippen LogP contribution in [0.25, 0.3) is 0 Å². The second-order valence-corrected chi connectivity index (χ2v) is 8.70. The van der Waals surface area contributed by atoms with Gasteiger partial charge >= 0.3 is 0 Å². The van der Waals surface area contributed by atoms with Crippen molar-refractivity contribution in [2.45, 2.75) is 37.1 Å². The van der Waals surface area contributed by atoms with Crippen LogP contribution in [0.15, 0.2) is 66.1 Å². The average molecular weight is 413 g/mol. The number of sulfonamides is 1. The van der Waals surface area contributed by atoms with Crippen LogP contribution in [0.4, 0.5) is 5.69 Å². The highest BCUT2D eigenvalue weighted by atomic mass is 32.2. The minimum absolute atomic E-state index is 0.00315. The average Bonchev–Trinajstić information content (AvgIpc) is 3.44. The first kappa shape index (κ1) is 19.2. The number of rotatable bonds is 8. The highest BCUT2D eigenvalue weighted by molar-refractivity contribution is 7.89. The zero-order valence-corrected chi connectivity index (χ0v) is 16.3. The van der Waals surface area contributed by atoms with E-state index in [1.807, 2.05) is 30.3 Å². The molecule has 1 aromatic heterocycles. The Bertz CT molecular complexity index is 1110. The molecule has 3 aromatic rings. The Hall–Kier alpha value is -3.11. The smallest absolute Gasteiger partial charge is 0.258 e. The van der Waals surface area contributed by atoms with E-state index in [-0.39, 0.29) is 30.0 Å². The van der Waals surface area contributed by atoms with Gasteiger partial charge in [-0.25, -0.2) is 18.1 Å². The summed E-state index contributed by atoms with van der Waals surface area (Å²) in [6, 6.07) is 15.4. The van der Waals surface area contributed by atoms with Crippen LogP contribution in [-0.2, 0) is 23.1 Å². The van der Waals surface area contributed by atoms with Crippen LogP contribution < -0.4 is 0 Å². The SMILES string of the molecule is O=[N+]([O-])c1ccc(Cn2cnc(S(=O)(=O)N(Cc3ccccc3)C3CC3)n2)cc1. The van der Waals surface area contributed by atoms with Crippen molar-refractivity contribution in [2.75, 3.05) is 0 Å². The van der Waals surface area contributed by atoms with Gasteiger partial charge in [-0.1, -0.05) is 42.5 Å². The molecule has 0 N–H and O–H groups in total. The summed E-state index contributed by atoms with van der Waals surface area (Å²) in [7, 11) is -3.82. The molecular weight excluding hydrogens is 394 g/mol.